The van der Waals surface area contributed by atoms with Crippen LogP contribution in [-0.2, 0) is 11.8 Å². The zero-order valence-electron chi connectivity index (χ0n) is 11.0. The molecule has 0 bridgehead atoms. The molecule has 0 spiro atoms. The van der Waals surface area contributed by atoms with Crippen LogP contribution in [0.25, 0.3) is 10.2 Å². The quantitative estimate of drug-likeness (QED) is 0.688. The Labute approximate surface area is 119 Å². The SMILES string of the molecule is CC(C)NC(=O)CSc1nc2sccc2c(=O)n1C. The second-order valence-electron chi connectivity index (χ2n) is 4.41. The average molecular weight is 297 g/mol. The van der Waals surface area contributed by atoms with Crippen LogP contribution in [0.2, 0.25) is 0 Å². The molecule has 0 radical (unpaired) electrons. The summed E-state index contributed by atoms with van der Waals surface area (Å²) in [4.78, 5) is 28.8. The Morgan fingerprint density at radius 1 is 1.58 bits per heavy atom. The summed E-state index contributed by atoms with van der Waals surface area (Å²) in [5.41, 5.74) is -0.0713. The third kappa shape index (κ3) is 3.16. The van der Waals surface area contributed by atoms with Gasteiger partial charge in [0.05, 0.1) is 11.1 Å². The maximum atomic E-state index is 12.0. The van der Waals surface area contributed by atoms with Crippen LogP contribution in [0, 0.1) is 0 Å². The number of hydrogen-bond donors (Lipinski definition) is 1. The van der Waals surface area contributed by atoms with Crippen molar-refractivity contribution in [3.05, 3.63) is 21.8 Å². The van der Waals surface area contributed by atoms with E-state index >= 15 is 0 Å². The molecule has 2 aromatic rings. The summed E-state index contributed by atoms with van der Waals surface area (Å²) in [7, 11) is 1.68. The predicted molar refractivity (Wildman–Crippen MR) is 78.9 cm³/mol. The maximum Gasteiger partial charge on any atom is 0.262 e. The van der Waals surface area contributed by atoms with Gasteiger partial charge >= 0.3 is 0 Å². The van der Waals surface area contributed by atoms with Gasteiger partial charge in [-0.3, -0.25) is 14.2 Å². The number of carbonyl (C=O) groups excluding carboxylic acids is 1. The molecule has 0 atom stereocenters. The topological polar surface area (TPSA) is 64.0 Å². The predicted octanol–water partition coefficient (Wildman–Crippen LogP) is 1.61. The first-order valence-corrected chi connectivity index (χ1v) is 7.72. The fourth-order valence-electron chi connectivity index (χ4n) is 1.60. The van der Waals surface area contributed by atoms with Gasteiger partial charge in [-0.1, -0.05) is 11.8 Å². The number of fused-ring (bicyclic) bond motifs is 1. The highest BCUT2D eigenvalue weighted by Crippen LogP contribution is 2.20. The van der Waals surface area contributed by atoms with Crippen molar-refractivity contribution < 1.29 is 4.79 Å². The third-order valence-electron chi connectivity index (χ3n) is 2.45. The molecule has 0 aromatic carbocycles. The Kier molecular flexibility index (Phi) is 4.26. The molecule has 0 saturated heterocycles. The zero-order chi connectivity index (χ0) is 14.0. The molecule has 0 aliphatic carbocycles. The minimum absolute atomic E-state index is 0.0551. The fourth-order valence-corrected chi connectivity index (χ4v) is 3.19. The van der Waals surface area contributed by atoms with Gasteiger partial charge in [0.2, 0.25) is 5.91 Å². The maximum absolute atomic E-state index is 12.0. The van der Waals surface area contributed by atoms with Crippen LogP contribution in [0.15, 0.2) is 21.4 Å². The van der Waals surface area contributed by atoms with E-state index in [0.717, 1.165) is 4.83 Å². The lowest BCUT2D eigenvalue weighted by Gasteiger charge is -2.09. The molecular formula is C12H15N3O2S2. The van der Waals surface area contributed by atoms with Crippen molar-refractivity contribution in [2.24, 2.45) is 7.05 Å². The van der Waals surface area contributed by atoms with Crippen LogP contribution in [0.4, 0.5) is 0 Å². The molecule has 2 aromatic heterocycles. The van der Waals surface area contributed by atoms with Crippen molar-refractivity contribution in [3.8, 4) is 0 Å². The van der Waals surface area contributed by atoms with Gasteiger partial charge < -0.3 is 5.32 Å². The normalized spacial score (nSPS) is 11.2. The van der Waals surface area contributed by atoms with E-state index in [4.69, 9.17) is 0 Å². The monoisotopic (exact) mass is 297 g/mol. The molecule has 5 nitrogen and oxygen atoms in total. The number of rotatable bonds is 4. The van der Waals surface area contributed by atoms with E-state index in [0.29, 0.717) is 10.5 Å². The van der Waals surface area contributed by atoms with Crippen molar-refractivity contribution in [2.75, 3.05) is 5.75 Å². The van der Waals surface area contributed by atoms with Crippen LogP contribution < -0.4 is 10.9 Å². The highest BCUT2D eigenvalue weighted by Gasteiger charge is 2.11. The first-order valence-electron chi connectivity index (χ1n) is 5.85. The number of aromatic nitrogens is 2. The number of thioether (sulfide) groups is 1. The van der Waals surface area contributed by atoms with Crippen LogP contribution in [0.5, 0.6) is 0 Å². The summed E-state index contributed by atoms with van der Waals surface area (Å²) in [6, 6.07) is 1.89. The molecule has 102 valence electrons. The average Bonchev–Trinajstić information content (AvgIpc) is 2.79. The molecule has 0 fully saturated rings. The minimum atomic E-state index is -0.0713. The van der Waals surface area contributed by atoms with Gasteiger partial charge in [0.15, 0.2) is 5.16 Å². The van der Waals surface area contributed by atoms with Crippen LogP contribution >= 0.6 is 23.1 Å². The number of hydrogen-bond acceptors (Lipinski definition) is 5. The zero-order valence-corrected chi connectivity index (χ0v) is 12.6. The van der Waals surface area contributed by atoms with Crippen molar-refractivity contribution in [1.29, 1.82) is 0 Å². The lowest BCUT2D eigenvalue weighted by Crippen LogP contribution is -2.31. The molecule has 1 amide bonds. The molecular weight excluding hydrogens is 282 g/mol. The summed E-state index contributed by atoms with van der Waals surface area (Å²) >= 11 is 2.71. The first kappa shape index (κ1) is 14.1. The molecule has 0 saturated carbocycles. The Morgan fingerprint density at radius 3 is 3.00 bits per heavy atom. The number of thiophene rings is 1. The lowest BCUT2D eigenvalue weighted by atomic mass is 10.4. The summed E-state index contributed by atoms with van der Waals surface area (Å²) in [6.07, 6.45) is 0. The minimum Gasteiger partial charge on any atom is -0.353 e. The van der Waals surface area contributed by atoms with Gasteiger partial charge in [-0.2, -0.15) is 0 Å². The van der Waals surface area contributed by atoms with Crippen molar-refractivity contribution in [3.63, 3.8) is 0 Å². The standard InChI is InChI=1S/C12H15N3O2S2/c1-7(2)13-9(16)6-19-12-14-10-8(4-5-18-10)11(17)15(12)3/h4-5,7H,6H2,1-3H3,(H,13,16). The molecule has 7 heteroatoms. The van der Waals surface area contributed by atoms with E-state index < -0.39 is 0 Å². The molecule has 0 aliphatic rings. The van der Waals surface area contributed by atoms with Crippen LogP contribution in [0.3, 0.4) is 0 Å². The van der Waals surface area contributed by atoms with Gasteiger partial charge in [0, 0.05) is 13.1 Å². The van der Waals surface area contributed by atoms with Gasteiger partial charge in [-0.15, -0.1) is 11.3 Å². The summed E-state index contributed by atoms with van der Waals surface area (Å²) < 4.78 is 1.49. The number of amides is 1. The smallest absolute Gasteiger partial charge is 0.262 e. The van der Waals surface area contributed by atoms with Gasteiger partial charge in [-0.25, -0.2) is 4.98 Å². The second-order valence-corrected chi connectivity index (χ2v) is 6.25. The van der Waals surface area contributed by atoms with E-state index in [-0.39, 0.29) is 23.3 Å². The van der Waals surface area contributed by atoms with Crippen LogP contribution in [-0.4, -0.2) is 27.3 Å². The first-order chi connectivity index (χ1) is 8.99. The number of nitrogens with zero attached hydrogens (tertiary/aromatic N) is 2. The van der Waals surface area contributed by atoms with E-state index in [1.165, 1.54) is 27.7 Å². The summed E-state index contributed by atoms with van der Waals surface area (Å²) in [6.45, 7) is 3.82. The lowest BCUT2D eigenvalue weighted by molar-refractivity contribution is -0.119. The Morgan fingerprint density at radius 2 is 2.32 bits per heavy atom. The van der Waals surface area contributed by atoms with Gasteiger partial charge in [0.1, 0.15) is 4.83 Å². The van der Waals surface area contributed by atoms with Crippen molar-refractivity contribution in [2.45, 2.75) is 25.0 Å². The van der Waals surface area contributed by atoms with E-state index in [1.54, 1.807) is 13.1 Å². The van der Waals surface area contributed by atoms with E-state index in [9.17, 15) is 9.59 Å². The highest BCUT2D eigenvalue weighted by molar-refractivity contribution is 7.99. The number of nitrogens with one attached hydrogen (secondary N) is 1. The summed E-state index contributed by atoms with van der Waals surface area (Å²) in [5, 5.41) is 5.85. The summed E-state index contributed by atoms with van der Waals surface area (Å²) in [5.74, 6) is 0.204. The molecule has 1 N–H and O–H groups in total. The fraction of sp³-hybridized carbons (Fsp3) is 0.417. The Hall–Kier alpha value is -1.34. The van der Waals surface area contributed by atoms with Gasteiger partial charge in [0.25, 0.3) is 5.56 Å². The molecule has 0 aliphatic heterocycles. The van der Waals surface area contributed by atoms with Crippen molar-refractivity contribution >= 4 is 39.2 Å². The highest BCUT2D eigenvalue weighted by atomic mass is 32.2. The largest absolute Gasteiger partial charge is 0.353 e. The molecule has 2 rings (SSSR count). The van der Waals surface area contributed by atoms with E-state index in [2.05, 4.69) is 10.3 Å². The Bertz CT molecular complexity index is 661. The molecule has 19 heavy (non-hydrogen) atoms. The molecule has 0 unspecified atom stereocenters. The van der Waals surface area contributed by atoms with E-state index in [1.807, 2.05) is 19.2 Å². The second kappa shape index (κ2) is 5.75. The number of carbonyl (C=O) groups is 1. The van der Waals surface area contributed by atoms with Crippen molar-refractivity contribution in [1.82, 2.24) is 14.9 Å². The van der Waals surface area contributed by atoms with Gasteiger partial charge in [-0.05, 0) is 25.3 Å². The Balaban J connectivity index is 2.19. The third-order valence-corrected chi connectivity index (χ3v) is 4.28. The molecule has 2 heterocycles. The van der Waals surface area contributed by atoms with Crippen LogP contribution in [0.1, 0.15) is 13.8 Å².